The van der Waals surface area contributed by atoms with Crippen LogP contribution in [-0.4, -0.2) is 43.2 Å². The van der Waals surface area contributed by atoms with Gasteiger partial charge in [-0.25, -0.2) is 0 Å². The maximum Gasteiger partial charge on any atom is 0.247 e. The number of hydrogen-bond donors (Lipinski definition) is 2. The molecular weight excluding hydrogens is 374 g/mol. The molecule has 1 atom stereocenters. The fourth-order valence-electron chi connectivity index (χ4n) is 4.43. The zero-order valence-electron chi connectivity index (χ0n) is 17.3. The summed E-state index contributed by atoms with van der Waals surface area (Å²) in [7, 11) is 0. The van der Waals surface area contributed by atoms with E-state index in [9.17, 15) is 4.79 Å². The minimum Gasteiger partial charge on any atom is -0.379 e. The Hall–Kier alpha value is -2.89. The summed E-state index contributed by atoms with van der Waals surface area (Å²) in [6.07, 6.45) is 0.722. The van der Waals surface area contributed by atoms with E-state index in [1.807, 2.05) is 12.1 Å². The van der Waals surface area contributed by atoms with E-state index in [4.69, 9.17) is 4.74 Å². The molecule has 1 fully saturated rings. The van der Waals surface area contributed by atoms with Crippen molar-refractivity contribution < 1.29 is 9.53 Å². The van der Waals surface area contributed by atoms with Gasteiger partial charge in [0.15, 0.2) is 0 Å². The van der Waals surface area contributed by atoms with Crippen molar-refractivity contribution in [3.63, 3.8) is 0 Å². The highest BCUT2D eigenvalue weighted by Gasteiger charge is 2.27. The number of morpholine rings is 1. The van der Waals surface area contributed by atoms with E-state index in [0.29, 0.717) is 0 Å². The van der Waals surface area contributed by atoms with Crippen molar-refractivity contribution in [1.29, 1.82) is 0 Å². The molecular formula is C25H27N3O2. The largest absolute Gasteiger partial charge is 0.379 e. The average Bonchev–Trinajstić information content (AvgIpc) is 3.20. The first-order valence-electron chi connectivity index (χ1n) is 10.6. The van der Waals surface area contributed by atoms with Gasteiger partial charge in [0.25, 0.3) is 0 Å². The number of carbonyl (C=O) groups is 1. The van der Waals surface area contributed by atoms with Gasteiger partial charge in [-0.15, -0.1) is 0 Å². The molecule has 2 heterocycles. The van der Waals surface area contributed by atoms with Crippen molar-refractivity contribution in [2.24, 2.45) is 0 Å². The number of hydrogen-bond acceptors (Lipinski definition) is 4. The van der Waals surface area contributed by atoms with Crippen LogP contribution < -0.4 is 10.6 Å². The molecule has 30 heavy (non-hydrogen) atoms. The third-order valence-electron chi connectivity index (χ3n) is 6.10. The SMILES string of the molecule is Cc1cccc2c1NC(C(=O)Nc1ccc3ccc(CN4CCOCC4)cc3c1)C2. The smallest absolute Gasteiger partial charge is 0.247 e. The number of nitrogens with one attached hydrogen (secondary N) is 2. The number of para-hydroxylation sites is 1. The van der Waals surface area contributed by atoms with Crippen LogP contribution in [-0.2, 0) is 22.5 Å². The van der Waals surface area contributed by atoms with Gasteiger partial charge in [0.05, 0.1) is 13.2 Å². The fraction of sp³-hybridized carbons (Fsp3) is 0.320. The Labute approximate surface area is 177 Å². The zero-order valence-corrected chi connectivity index (χ0v) is 17.3. The topological polar surface area (TPSA) is 53.6 Å². The molecule has 2 aliphatic rings. The van der Waals surface area contributed by atoms with Crippen molar-refractivity contribution >= 4 is 28.1 Å². The predicted molar refractivity (Wildman–Crippen MR) is 121 cm³/mol. The molecule has 5 heteroatoms. The molecule has 0 radical (unpaired) electrons. The van der Waals surface area contributed by atoms with Crippen molar-refractivity contribution in [3.05, 3.63) is 71.3 Å². The van der Waals surface area contributed by atoms with Crippen LogP contribution in [0.2, 0.25) is 0 Å². The summed E-state index contributed by atoms with van der Waals surface area (Å²) in [5.41, 5.74) is 5.62. The van der Waals surface area contributed by atoms with Gasteiger partial charge in [-0.05, 0) is 52.6 Å². The second-order valence-electron chi connectivity index (χ2n) is 8.28. The maximum atomic E-state index is 12.9. The Kier molecular flexibility index (Phi) is 5.15. The van der Waals surface area contributed by atoms with Crippen LogP contribution >= 0.6 is 0 Å². The average molecular weight is 402 g/mol. The lowest BCUT2D eigenvalue weighted by Gasteiger charge is -2.26. The lowest BCUT2D eigenvalue weighted by atomic mass is 10.1. The fourth-order valence-corrected chi connectivity index (χ4v) is 4.43. The third kappa shape index (κ3) is 3.91. The van der Waals surface area contributed by atoms with Crippen LogP contribution in [0.1, 0.15) is 16.7 Å². The van der Waals surface area contributed by atoms with Crippen molar-refractivity contribution in [3.8, 4) is 0 Å². The Morgan fingerprint density at radius 1 is 1.10 bits per heavy atom. The van der Waals surface area contributed by atoms with E-state index >= 15 is 0 Å². The summed E-state index contributed by atoms with van der Waals surface area (Å²) < 4.78 is 5.44. The summed E-state index contributed by atoms with van der Waals surface area (Å²) in [5.74, 6) is 0.00872. The monoisotopic (exact) mass is 401 g/mol. The molecule has 0 saturated carbocycles. The van der Waals surface area contributed by atoms with Gasteiger partial charge in [-0.3, -0.25) is 9.69 Å². The Bertz CT molecular complexity index is 1090. The molecule has 1 amide bonds. The standard InChI is InChI=1S/C25H27N3O2/c1-17-3-2-4-20-15-23(27-24(17)20)25(29)26-22-8-7-19-6-5-18(13-21(19)14-22)16-28-9-11-30-12-10-28/h2-8,13-14,23,27H,9-12,15-16H2,1H3,(H,26,29). The summed E-state index contributed by atoms with van der Waals surface area (Å²) in [4.78, 5) is 15.3. The molecule has 0 spiro atoms. The molecule has 5 rings (SSSR count). The number of benzene rings is 3. The summed E-state index contributed by atoms with van der Waals surface area (Å²) in [6.45, 7) is 6.57. The van der Waals surface area contributed by atoms with Gasteiger partial charge in [0.1, 0.15) is 6.04 Å². The zero-order chi connectivity index (χ0) is 20.5. The molecule has 0 aliphatic carbocycles. The highest BCUT2D eigenvalue weighted by atomic mass is 16.5. The number of aryl methyl sites for hydroxylation is 1. The molecule has 3 aromatic carbocycles. The third-order valence-corrected chi connectivity index (χ3v) is 6.10. The lowest BCUT2D eigenvalue weighted by Crippen LogP contribution is -2.35. The number of ether oxygens (including phenoxy) is 1. The van der Waals surface area contributed by atoms with E-state index in [-0.39, 0.29) is 11.9 Å². The number of fused-ring (bicyclic) bond motifs is 2. The maximum absolute atomic E-state index is 12.9. The normalized spacial score (nSPS) is 18.8. The first kappa shape index (κ1) is 19.1. The van der Waals surface area contributed by atoms with Crippen LogP contribution in [0.15, 0.2) is 54.6 Å². The first-order valence-corrected chi connectivity index (χ1v) is 10.6. The Morgan fingerprint density at radius 3 is 2.77 bits per heavy atom. The van der Waals surface area contributed by atoms with Crippen LogP contribution in [0.5, 0.6) is 0 Å². The van der Waals surface area contributed by atoms with Crippen LogP contribution in [0.4, 0.5) is 11.4 Å². The first-order chi connectivity index (χ1) is 14.7. The van der Waals surface area contributed by atoms with Crippen LogP contribution in [0.25, 0.3) is 10.8 Å². The lowest BCUT2D eigenvalue weighted by molar-refractivity contribution is -0.116. The number of amides is 1. The van der Waals surface area contributed by atoms with Gasteiger partial charge < -0.3 is 15.4 Å². The highest BCUT2D eigenvalue weighted by Crippen LogP contribution is 2.30. The number of carbonyl (C=O) groups excluding carboxylic acids is 1. The molecule has 3 aromatic rings. The number of rotatable bonds is 4. The van der Waals surface area contributed by atoms with Gasteiger partial charge >= 0.3 is 0 Å². The van der Waals surface area contributed by atoms with Gasteiger partial charge in [-0.2, -0.15) is 0 Å². The molecule has 0 bridgehead atoms. The number of nitrogens with zero attached hydrogens (tertiary/aromatic N) is 1. The minimum atomic E-state index is -0.232. The van der Waals surface area contributed by atoms with Crippen LogP contribution in [0.3, 0.4) is 0 Å². The van der Waals surface area contributed by atoms with E-state index < -0.39 is 0 Å². The van der Waals surface area contributed by atoms with Gasteiger partial charge in [0.2, 0.25) is 5.91 Å². The Morgan fingerprint density at radius 2 is 1.93 bits per heavy atom. The van der Waals surface area contributed by atoms with Crippen molar-refractivity contribution in [1.82, 2.24) is 4.90 Å². The summed E-state index contributed by atoms with van der Waals surface area (Å²) in [5, 5.41) is 8.82. The molecule has 1 saturated heterocycles. The van der Waals surface area contributed by atoms with Crippen molar-refractivity contribution in [2.75, 3.05) is 36.9 Å². The number of anilines is 2. The molecule has 1 unspecified atom stereocenters. The summed E-state index contributed by atoms with van der Waals surface area (Å²) >= 11 is 0. The van der Waals surface area contributed by atoms with E-state index in [1.165, 1.54) is 22.1 Å². The van der Waals surface area contributed by atoms with E-state index in [2.05, 4.69) is 64.9 Å². The van der Waals surface area contributed by atoms with Crippen molar-refractivity contribution in [2.45, 2.75) is 25.9 Å². The van der Waals surface area contributed by atoms with E-state index in [1.54, 1.807) is 0 Å². The quantitative estimate of drug-likeness (QED) is 0.695. The Balaban J connectivity index is 1.29. The summed E-state index contributed by atoms with van der Waals surface area (Å²) in [6, 6.07) is 18.7. The second-order valence-corrected chi connectivity index (χ2v) is 8.28. The molecule has 2 aliphatic heterocycles. The second kappa shape index (κ2) is 8.09. The predicted octanol–water partition coefficient (Wildman–Crippen LogP) is 3.96. The molecule has 2 N–H and O–H groups in total. The van der Waals surface area contributed by atoms with E-state index in [0.717, 1.165) is 56.0 Å². The molecule has 0 aromatic heterocycles. The molecule has 154 valence electrons. The van der Waals surface area contributed by atoms with Crippen LogP contribution in [0, 0.1) is 6.92 Å². The highest BCUT2D eigenvalue weighted by molar-refractivity contribution is 6.00. The minimum absolute atomic E-state index is 0.00872. The van der Waals surface area contributed by atoms with Gasteiger partial charge in [-0.1, -0.05) is 36.4 Å². The van der Waals surface area contributed by atoms with Gasteiger partial charge in [0, 0.05) is 37.4 Å². The molecule has 5 nitrogen and oxygen atoms in total.